The summed E-state index contributed by atoms with van der Waals surface area (Å²) in [5.74, 6) is -0.411. The molecule has 0 saturated carbocycles. The summed E-state index contributed by atoms with van der Waals surface area (Å²) >= 11 is 1.40. The number of thiophene rings is 1. The first kappa shape index (κ1) is 20.0. The molecule has 2 aromatic carbocycles. The SMILES string of the molecule is Cc1c(C(=O)NCc2ccc(CN3CCC(O)CC3)cc2)sc2ccc(F)cc12. The van der Waals surface area contributed by atoms with Crippen LogP contribution in [0.15, 0.2) is 42.5 Å². The van der Waals surface area contributed by atoms with Crippen LogP contribution in [0.1, 0.15) is 39.2 Å². The van der Waals surface area contributed by atoms with Gasteiger partial charge in [0, 0.05) is 30.9 Å². The molecule has 29 heavy (non-hydrogen) atoms. The molecule has 0 atom stereocenters. The van der Waals surface area contributed by atoms with Gasteiger partial charge in [-0.25, -0.2) is 4.39 Å². The Balaban J connectivity index is 1.35. The summed E-state index contributed by atoms with van der Waals surface area (Å²) in [6, 6.07) is 12.9. The number of likely N-dealkylation sites (tertiary alicyclic amines) is 1. The Morgan fingerprint density at radius 3 is 2.59 bits per heavy atom. The van der Waals surface area contributed by atoms with E-state index in [0.29, 0.717) is 11.4 Å². The molecule has 1 aromatic heterocycles. The number of aryl methyl sites for hydroxylation is 1. The summed E-state index contributed by atoms with van der Waals surface area (Å²) in [6.45, 7) is 5.06. The third-order valence-electron chi connectivity index (χ3n) is 5.54. The van der Waals surface area contributed by atoms with Crippen LogP contribution in [-0.2, 0) is 13.1 Å². The highest BCUT2D eigenvalue weighted by molar-refractivity contribution is 7.21. The summed E-state index contributed by atoms with van der Waals surface area (Å²) in [4.78, 5) is 15.6. The largest absolute Gasteiger partial charge is 0.393 e. The summed E-state index contributed by atoms with van der Waals surface area (Å²) in [5.41, 5.74) is 3.10. The van der Waals surface area contributed by atoms with E-state index in [1.165, 1.54) is 29.0 Å². The number of carbonyl (C=O) groups is 1. The molecular formula is C23H25FN2O2S. The Bertz CT molecular complexity index is 1010. The number of piperidine rings is 1. The zero-order valence-electron chi connectivity index (χ0n) is 16.5. The third kappa shape index (κ3) is 4.66. The second-order valence-electron chi connectivity index (χ2n) is 7.70. The zero-order chi connectivity index (χ0) is 20.4. The van der Waals surface area contributed by atoms with Crippen LogP contribution in [-0.4, -0.2) is 35.1 Å². The Morgan fingerprint density at radius 1 is 1.17 bits per heavy atom. The number of aliphatic hydroxyl groups excluding tert-OH is 1. The predicted octanol–water partition coefficient (Wildman–Crippen LogP) is 4.24. The lowest BCUT2D eigenvalue weighted by Crippen LogP contribution is -2.35. The van der Waals surface area contributed by atoms with E-state index >= 15 is 0 Å². The average Bonchev–Trinajstić information content (AvgIpc) is 3.05. The lowest BCUT2D eigenvalue weighted by atomic mass is 10.1. The number of nitrogens with zero attached hydrogens (tertiary/aromatic N) is 1. The molecular weight excluding hydrogens is 387 g/mol. The van der Waals surface area contributed by atoms with Crippen LogP contribution >= 0.6 is 11.3 Å². The maximum Gasteiger partial charge on any atom is 0.261 e. The van der Waals surface area contributed by atoms with Crippen molar-refractivity contribution in [2.45, 2.75) is 39.0 Å². The summed E-state index contributed by atoms with van der Waals surface area (Å²) in [5, 5.41) is 13.4. The minimum atomic E-state index is -0.286. The van der Waals surface area contributed by atoms with Crippen molar-refractivity contribution in [1.29, 1.82) is 0 Å². The van der Waals surface area contributed by atoms with Crippen LogP contribution in [0.25, 0.3) is 10.1 Å². The molecule has 0 unspecified atom stereocenters. The number of nitrogens with one attached hydrogen (secondary N) is 1. The van der Waals surface area contributed by atoms with Gasteiger partial charge in [0.1, 0.15) is 5.82 Å². The van der Waals surface area contributed by atoms with Crippen LogP contribution in [0, 0.1) is 12.7 Å². The summed E-state index contributed by atoms with van der Waals surface area (Å²) in [7, 11) is 0. The van der Waals surface area contributed by atoms with Gasteiger partial charge in [0.15, 0.2) is 0 Å². The predicted molar refractivity (Wildman–Crippen MR) is 115 cm³/mol. The van der Waals surface area contributed by atoms with Crippen LogP contribution in [0.5, 0.6) is 0 Å². The first-order chi connectivity index (χ1) is 14.0. The van der Waals surface area contributed by atoms with E-state index in [9.17, 15) is 14.3 Å². The van der Waals surface area contributed by atoms with Crippen LogP contribution in [0.3, 0.4) is 0 Å². The van der Waals surface area contributed by atoms with Gasteiger partial charge >= 0.3 is 0 Å². The number of hydrogen-bond donors (Lipinski definition) is 2. The molecule has 2 heterocycles. The highest BCUT2D eigenvalue weighted by Crippen LogP contribution is 2.31. The van der Waals surface area contributed by atoms with E-state index in [0.717, 1.165) is 53.7 Å². The fourth-order valence-corrected chi connectivity index (χ4v) is 4.88. The van der Waals surface area contributed by atoms with Crippen molar-refractivity contribution in [3.05, 3.63) is 69.8 Å². The molecule has 4 rings (SSSR count). The van der Waals surface area contributed by atoms with Crippen molar-refractivity contribution in [2.24, 2.45) is 0 Å². The zero-order valence-corrected chi connectivity index (χ0v) is 17.3. The van der Waals surface area contributed by atoms with E-state index in [1.807, 2.05) is 19.1 Å². The van der Waals surface area contributed by atoms with E-state index in [-0.39, 0.29) is 17.8 Å². The number of rotatable bonds is 5. The van der Waals surface area contributed by atoms with Gasteiger partial charge in [0.2, 0.25) is 0 Å². The molecule has 2 N–H and O–H groups in total. The molecule has 1 fully saturated rings. The molecule has 152 valence electrons. The maximum atomic E-state index is 13.5. The highest BCUT2D eigenvalue weighted by Gasteiger charge is 2.17. The molecule has 0 bridgehead atoms. The minimum absolute atomic E-state index is 0.125. The van der Waals surface area contributed by atoms with Gasteiger partial charge in [0.25, 0.3) is 5.91 Å². The number of aliphatic hydroxyl groups is 1. The molecule has 0 aliphatic carbocycles. The molecule has 1 saturated heterocycles. The van der Waals surface area contributed by atoms with E-state index in [1.54, 1.807) is 6.07 Å². The van der Waals surface area contributed by atoms with Gasteiger partial charge in [0.05, 0.1) is 11.0 Å². The number of fused-ring (bicyclic) bond motifs is 1. The second-order valence-corrected chi connectivity index (χ2v) is 8.76. The monoisotopic (exact) mass is 412 g/mol. The maximum absolute atomic E-state index is 13.5. The summed E-state index contributed by atoms with van der Waals surface area (Å²) in [6.07, 6.45) is 1.53. The van der Waals surface area contributed by atoms with Crippen molar-refractivity contribution >= 4 is 27.3 Å². The van der Waals surface area contributed by atoms with E-state index in [4.69, 9.17) is 0 Å². The van der Waals surface area contributed by atoms with Crippen molar-refractivity contribution in [3.63, 3.8) is 0 Å². The molecule has 0 radical (unpaired) electrons. The first-order valence-electron chi connectivity index (χ1n) is 9.94. The molecule has 4 nitrogen and oxygen atoms in total. The Morgan fingerprint density at radius 2 is 1.86 bits per heavy atom. The Hall–Kier alpha value is -2.28. The van der Waals surface area contributed by atoms with Crippen LogP contribution < -0.4 is 5.32 Å². The smallest absolute Gasteiger partial charge is 0.261 e. The molecule has 6 heteroatoms. The number of amides is 1. The number of benzene rings is 2. The topological polar surface area (TPSA) is 52.6 Å². The quantitative estimate of drug-likeness (QED) is 0.659. The number of hydrogen-bond acceptors (Lipinski definition) is 4. The molecule has 1 aliphatic rings. The lowest BCUT2D eigenvalue weighted by molar-refractivity contribution is 0.0792. The average molecular weight is 413 g/mol. The Labute approximate surface area is 174 Å². The molecule has 1 aliphatic heterocycles. The van der Waals surface area contributed by atoms with Crippen molar-refractivity contribution in [1.82, 2.24) is 10.2 Å². The van der Waals surface area contributed by atoms with Crippen molar-refractivity contribution < 1.29 is 14.3 Å². The number of carbonyl (C=O) groups excluding carboxylic acids is 1. The molecule has 0 spiro atoms. The Kier molecular flexibility index (Phi) is 5.94. The van der Waals surface area contributed by atoms with Gasteiger partial charge in [-0.2, -0.15) is 0 Å². The van der Waals surface area contributed by atoms with Gasteiger partial charge in [-0.15, -0.1) is 11.3 Å². The minimum Gasteiger partial charge on any atom is -0.393 e. The standard InChI is InChI=1S/C23H25FN2O2S/c1-15-20-12-18(24)6-7-21(20)29-22(15)23(28)25-13-16-2-4-17(5-3-16)14-26-10-8-19(27)9-11-26/h2-7,12,19,27H,8-11,13-14H2,1H3,(H,25,28). The lowest BCUT2D eigenvalue weighted by Gasteiger charge is -2.29. The fourth-order valence-electron chi connectivity index (χ4n) is 3.77. The molecule has 1 amide bonds. The normalized spacial score (nSPS) is 15.7. The van der Waals surface area contributed by atoms with Gasteiger partial charge in [-0.05, 0) is 60.0 Å². The van der Waals surface area contributed by atoms with Crippen molar-refractivity contribution in [2.75, 3.05) is 13.1 Å². The van der Waals surface area contributed by atoms with Crippen LogP contribution in [0.2, 0.25) is 0 Å². The third-order valence-corrected chi connectivity index (χ3v) is 6.82. The van der Waals surface area contributed by atoms with Crippen molar-refractivity contribution in [3.8, 4) is 0 Å². The summed E-state index contributed by atoms with van der Waals surface area (Å²) < 4.78 is 14.4. The van der Waals surface area contributed by atoms with E-state index in [2.05, 4.69) is 22.3 Å². The fraction of sp³-hybridized carbons (Fsp3) is 0.348. The van der Waals surface area contributed by atoms with Gasteiger partial charge in [-0.3, -0.25) is 9.69 Å². The molecule has 3 aromatic rings. The second kappa shape index (κ2) is 8.61. The number of halogens is 1. The highest BCUT2D eigenvalue weighted by atomic mass is 32.1. The van der Waals surface area contributed by atoms with E-state index < -0.39 is 0 Å². The van der Waals surface area contributed by atoms with Crippen LogP contribution in [0.4, 0.5) is 4.39 Å². The van der Waals surface area contributed by atoms with Gasteiger partial charge < -0.3 is 10.4 Å². The van der Waals surface area contributed by atoms with Gasteiger partial charge in [-0.1, -0.05) is 24.3 Å². The first-order valence-corrected chi connectivity index (χ1v) is 10.8.